The normalized spacial score (nSPS) is 10.7. The number of carbonyl (C=O) groups is 1. The van der Waals surface area contributed by atoms with Crippen LogP contribution in [0.25, 0.3) is 10.9 Å². The van der Waals surface area contributed by atoms with Crippen LogP contribution in [0, 0.1) is 0 Å². The number of halogens is 1. The summed E-state index contributed by atoms with van der Waals surface area (Å²) in [6.07, 6.45) is 0.722. The summed E-state index contributed by atoms with van der Waals surface area (Å²) < 4.78 is 16.0. The Kier molecular flexibility index (Phi) is 7.02. The molecule has 1 aromatic heterocycles. The number of aromatic nitrogens is 2. The first-order valence-electron chi connectivity index (χ1n) is 9.69. The van der Waals surface area contributed by atoms with Crippen LogP contribution in [0.2, 0.25) is 5.02 Å². The van der Waals surface area contributed by atoms with E-state index in [1.54, 1.807) is 35.2 Å². The lowest BCUT2D eigenvalue weighted by molar-refractivity contribution is 0.0738. The van der Waals surface area contributed by atoms with Crippen molar-refractivity contribution in [1.82, 2.24) is 14.9 Å². The van der Waals surface area contributed by atoms with Crippen LogP contribution >= 0.6 is 11.6 Å². The fraction of sp³-hybridized carbons (Fsp3) is 0.318. The summed E-state index contributed by atoms with van der Waals surface area (Å²) in [6, 6.07) is 8.09. The summed E-state index contributed by atoms with van der Waals surface area (Å²) in [4.78, 5) is 34.6. The summed E-state index contributed by atoms with van der Waals surface area (Å²) in [5, 5.41) is 0.918. The minimum atomic E-state index is -0.284. The van der Waals surface area contributed by atoms with Gasteiger partial charge in [0, 0.05) is 17.1 Å². The lowest BCUT2D eigenvalue weighted by atomic mass is 10.1. The maximum atomic E-state index is 13.3. The summed E-state index contributed by atoms with van der Waals surface area (Å²) in [5.41, 5.74) is 0.561. The van der Waals surface area contributed by atoms with Gasteiger partial charge in [-0.2, -0.15) is 0 Å². The van der Waals surface area contributed by atoms with E-state index in [1.807, 2.05) is 6.92 Å². The molecule has 2 aromatic carbocycles. The third kappa shape index (κ3) is 4.74. The predicted octanol–water partition coefficient (Wildman–Crippen LogP) is 3.65. The number of fused-ring (bicyclic) bond motifs is 1. The number of nitrogens with one attached hydrogen (secondary N) is 1. The molecule has 3 rings (SSSR count). The molecule has 0 spiro atoms. The average molecular weight is 446 g/mol. The predicted molar refractivity (Wildman–Crippen MR) is 119 cm³/mol. The van der Waals surface area contributed by atoms with Crippen LogP contribution in [0.15, 0.2) is 35.1 Å². The van der Waals surface area contributed by atoms with Gasteiger partial charge >= 0.3 is 0 Å². The van der Waals surface area contributed by atoms with Gasteiger partial charge in [0.15, 0.2) is 11.5 Å². The fourth-order valence-corrected chi connectivity index (χ4v) is 3.49. The van der Waals surface area contributed by atoms with E-state index in [1.165, 1.54) is 21.3 Å². The van der Waals surface area contributed by atoms with Crippen molar-refractivity contribution in [1.29, 1.82) is 0 Å². The van der Waals surface area contributed by atoms with Gasteiger partial charge in [-0.1, -0.05) is 18.5 Å². The van der Waals surface area contributed by atoms with Gasteiger partial charge in [-0.15, -0.1) is 0 Å². The third-order valence-electron chi connectivity index (χ3n) is 4.75. The van der Waals surface area contributed by atoms with Gasteiger partial charge in [-0.25, -0.2) is 4.98 Å². The maximum absolute atomic E-state index is 13.3. The zero-order chi connectivity index (χ0) is 22.5. The molecule has 0 aliphatic rings. The molecule has 0 saturated heterocycles. The van der Waals surface area contributed by atoms with Crippen LogP contribution in [0.3, 0.4) is 0 Å². The van der Waals surface area contributed by atoms with Crippen molar-refractivity contribution >= 4 is 28.4 Å². The van der Waals surface area contributed by atoms with E-state index < -0.39 is 0 Å². The smallest absolute Gasteiger partial charge is 0.258 e. The standard InChI is InChI=1S/C22H24ClN3O5/c1-5-8-26(12-19-24-16-11-14(23)6-7-15(16)21(27)25-19)22(28)13-9-17(29-2)20(31-4)18(10-13)30-3/h6-7,9-11H,5,8,12H2,1-4H3,(H,24,25,27). The van der Waals surface area contributed by atoms with E-state index in [-0.39, 0.29) is 18.0 Å². The molecule has 164 valence electrons. The van der Waals surface area contributed by atoms with E-state index in [0.717, 1.165) is 6.42 Å². The van der Waals surface area contributed by atoms with Crippen LogP contribution in [0.5, 0.6) is 17.2 Å². The average Bonchev–Trinajstić information content (AvgIpc) is 2.76. The number of ether oxygens (including phenoxy) is 3. The van der Waals surface area contributed by atoms with Gasteiger partial charge < -0.3 is 24.1 Å². The quantitative estimate of drug-likeness (QED) is 0.568. The molecule has 0 bridgehead atoms. The Morgan fingerprint density at radius 1 is 1.10 bits per heavy atom. The highest BCUT2D eigenvalue weighted by Crippen LogP contribution is 2.38. The first-order chi connectivity index (χ1) is 14.9. The molecule has 3 aromatic rings. The molecule has 0 atom stereocenters. The van der Waals surface area contributed by atoms with Crippen molar-refractivity contribution in [2.45, 2.75) is 19.9 Å². The molecule has 0 aliphatic heterocycles. The molecule has 0 aliphatic carbocycles. The first kappa shape index (κ1) is 22.4. The van der Waals surface area contributed by atoms with Crippen LogP contribution in [0.1, 0.15) is 29.5 Å². The number of hydrogen-bond acceptors (Lipinski definition) is 6. The number of hydrogen-bond donors (Lipinski definition) is 1. The largest absolute Gasteiger partial charge is 0.493 e. The maximum Gasteiger partial charge on any atom is 0.258 e. The second kappa shape index (κ2) is 9.70. The molecular formula is C22H24ClN3O5. The molecule has 1 heterocycles. The van der Waals surface area contributed by atoms with Gasteiger partial charge in [0.1, 0.15) is 5.82 Å². The second-order valence-electron chi connectivity index (χ2n) is 6.81. The highest BCUT2D eigenvalue weighted by molar-refractivity contribution is 6.31. The minimum absolute atomic E-state index is 0.126. The Morgan fingerprint density at radius 2 is 1.77 bits per heavy atom. The Hall–Kier alpha value is -3.26. The summed E-state index contributed by atoms with van der Waals surface area (Å²) >= 11 is 6.04. The Morgan fingerprint density at radius 3 is 2.35 bits per heavy atom. The number of carbonyl (C=O) groups excluding carboxylic acids is 1. The summed E-state index contributed by atoms with van der Waals surface area (Å²) in [5.74, 6) is 1.28. The number of H-pyrrole nitrogens is 1. The van der Waals surface area contributed by atoms with Crippen molar-refractivity contribution in [2.24, 2.45) is 0 Å². The Balaban J connectivity index is 1.98. The van der Waals surface area contributed by atoms with Crippen LogP contribution in [0.4, 0.5) is 0 Å². The van der Waals surface area contributed by atoms with Crippen molar-refractivity contribution < 1.29 is 19.0 Å². The van der Waals surface area contributed by atoms with Gasteiger partial charge in [-0.05, 0) is 36.8 Å². The van der Waals surface area contributed by atoms with E-state index in [4.69, 9.17) is 25.8 Å². The number of amides is 1. The molecule has 8 nitrogen and oxygen atoms in total. The van der Waals surface area contributed by atoms with Crippen molar-refractivity contribution in [3.05, 3.63) is 57.1 Å². The Bertz CT molecular complexity index is 1140. The first-order valence-corrected chi connectivity index (χ1v) is 10.1. The Labute approximate surface area is 184 Å². The zero-order valence-electron chi connectivity index (χ0n) is 17.8. The van der Waals surface area contributed by atoms with Gasteiger partial charge in [0.05, 0.1) is 38.8 Å². The summed E-state index contributed by atoms with van der Waals surface area (Å²) in [7, 11) is 4.48. The highest BCUT2D eigenvalue weighted by Gasteiger charge is 2.22. The second-order valence-corrected chi connectivity index (χ2v) is 7.25. The molecule has 0 fully saturated rings. The number of rotatable bonds is 8. The number of aromatic amines is 1. The van der Waals surface area contributed by atoms with Crippen LogP contribution < -0.4 is 19.8 Å². The summed E-state index contributed by atoms with van der Waals surface area (Å²) in [6.45, 7) is 2.56. The van der Waals surface area contributed by atoms with E-state index >= 15 is 0 Å². The zero-order valence-corrected chi connectivity index (χ0v) is 18.6. The fourth-order valence-electron chi connectivity index (χ4n) is 3.33. The molecule has 0 unspecified atom stereocenters. The van der Waals surface area contributed by atoms with E-state index in [9.17, 15) is 9.59 Å². The minimum Gasteiger partial charge on any atom is -0.493 e. The molecule has 0 saturated carbocycles. The van der Waals surface area contributed by atoms with Gasteiger partial charge in [0.2, 0.25) is 5.75 Å². The monoisotopic (exact) mass is 445 g/mol. The van der Waals surface area contributed by atoms with Crippen LogP contribution in [-0.2, 0) is 6.54 Å². The van der Waals surface area contributed by atoms with Gasteiger partial charge in [-0.3, -0.25) is 9.59 Å². The molecule has 0 radical (unpaired) electrons. The lowest BCUT2D eigenvalue weighted by Gasteiger charge is -2.23. The molecule has 1 amide bonds. The molecule has 1 N–H and O–H groups in total. The van der Waals surface area contributed by atoms with Crippen molar-refractivity contribution in [2.75, 3.05) is 27.9 Å². The topological polar surface area (TPSA) is 93.8 Å². The van der Waals surface area contributed by atoms with E-state index in [0.29, 0.717) is 51.1 Å². The number of methoxy groups -OCH3 is 3. The SMILES string of the molecule is CCCN(Cc1nc2cc(Cl)ccc2c(=O)[nH]1)C(=O)c1cc(OC)c(OC)c(OC)c1. The molecule has 31 heavy (non-hydrogen) atoms. The van der Waals surface area contributed by atoms with Crippen LogP contribution in [-0.4, -0.2) is 48.6 Å². The van der Waals surface area contributed by atoms with E-state index in [2.05, 4.69) is 9.97 Å². The lowest BCUT2D eigenvalue weighted by Crippen LogP contribution is -2.33. The molecule has 9 heteroatoms. The molecular weight excluding hydrogens is 422 g/mol. The number of benzene rings is 2. The third-order valence-corrected chi connectivity index (χ3v) is 4.99. The van der Waals surface area contributed by atoms with Gasteiger partial charge in [0.25, 0.3) is 11.5 Å². The van der Waals surface area contributed by atoms with Crippen molar-refractivity contribution in [3.63, 3.8) is 0 Å². The van der Waals surface area contributed by atoms with Crippen molar-refractivity contribution in [3.8, 4) is 17.2 Å². The number of nitrogens with zero attached hydrogens (tertiary/aromatic N) is 2. The highest BCUT2D eigenvalue weighted by atomic mass is 35.5.